The fraction of sp³-hybridized carbons (Fsp3) is 0.100. The van der Waals surface area contributed by atoms with Crippen LogP contribution in [0.15, 0.2) is 60.7 Å². The van der Waals surface area contributed by atoms with E-state index in [2.05, 4.69) is 67.5 Å². The number of hydrogen-bond acceptors (Lipinski definition) is 2. The molecular weight excluding hydrogens is 296 g/mol. The van der Waals surface area contributed by atoms with Gasteiger partial charge in [0, 0.05) is 17.2 Å². The predicted molar refractivity (Wildman–Crippen MR) is 96.5 cm³/mol. The molecule has 4 rings (SSSR count). The van der Waals surface area contributed by atoms with Crippen LogP contribution in [0.1, 0.15) is 11.1 Å². The molecule has 4 nitrogen and oxygen atoms in total. The quantitative estimate of drug-likeness (QED) is 0.554. The van der Waals surface area contributed by atoms with Crippen LogP contribution in [-0.2, 0) is 0 Å². The van der Waals surface area contributed by atoms with E-state index < -0.39 is 0 Å². The fourth-order valence-corrected chi connectivity index (χ4v) is 2.80. The Labute approximate surface area is 140 Å². The van der Waals surface area contributed by atoms with Crippen LogP contribution in [0.2, 0.25) is 0 Å². The highest BCUT2D eigenvalue weighted by Gasteiger charge is 2.15. The SMILES string of the molecule is Cc1ccc(-c2cc(N)[n+]3[nH]c(-c4ccc(C)cc4)cc3n2)cc1. The molecule has 0 saturated carbocycles. The van der Waals surface area contributed by atoms with Crippen molar-refractivity contribution in [3.05, 3.63) is 71.8 Å². The monoisotopic (exact) mass is 315 g/mol. The van der Waals surface area contributed by atoms with Crippen molar-refractivity contribution >= 4 is 11.5 Å². The lowest BCUT2D eigenvalue weighted by molar-refractivity contribution is -0.562. The van der Waals surface area contributed by atoms with Gasteiger partial charge in [0.15, 0.2) is 5.69 Å². The molecule has 0 saturated heterocycles. The Hall–Kier alpha value is -3.14. The third-order valence-electron chi connectivity index (χ3n) is 4.22. The number of nitrogens with zero attached hydrogens (tertiary/aromatic N) is 2. The average molecular weight is 315 g/mol. The van der Waals surface area contributed by atoms with Gasteiger partial charge >= 0.3 is 0 Å². The average Bonchev–Trinajstić information content (AvgIpc) is 3.01. The summed E-state index contributed by atoms with van der Waals surface area (Å²) in [4.78, 5) is 4.75. The van der Waals surface area contributed by atoms with Crippen LogP contribution in [0.3, 0.4) is 0 Å². The maximum atomic E-state index is 6.23. The summed E-state index contributed by atoms with van der Waals surface area (Å²) in [6.45, 7) is 4.15. The highest BCUT2D eigenvalue weighted by Crippen LogP contribution is 2.22. The number of H-pyrrole nitrogens is 1. The Morgan fingerprint density at radius 1 is 0.833 bits per heavy atom. The van der Waals surface area contributed by atoms with E-state index in [1.54, 1.807) is 0 Å². The Morgan fingerprint density at radius 3 is 2.04 bits per heavy atom. The number of nitrogens with two attached hydrogens (primary N) is 1. The number of aromatic amines is 1. The Balaban J connectivity index is 1.83. The Bertz CT molecular complexity index is 1010. The molecule has 0 bridgehead atoms. The van der Waals surface area contributed by atoms with E-state index in [-0.39, 0.29) is 0 Å². The van der Waals surface area contributed by atoms with Crippen molar-refractivity contribution in [3.8, 4) is 22.5 Å². The van der Waals surface area contributed by atoms with E-state index in [9.17, 15) is 0 Å². The van der Waals surface area contributed by atoms with E-state index in [0.717, 1.165) is 28.2 Å². The van der Waals surface area contributed by atoms with Crippen LogP contribution in [0.25, 0.3) is 28.2 Å². The largest absolute Gasteiger partial charge is 0.317 e. The van der Waals surface area contributed by atoms with Gasteiger partial charge in [-0.25, -0.2) is 5.10 Å². The first-order chi connectivity index (χ1) is 11.6. The first-order valence-electron chi connectivity index (χ1n) is 7.95. The minimum absolute atomic E-state index is 0.633. The molecule has 24 heavy (non-hydrogen) atoms. The van der Waals surface area contributed by atoms with Crippen molar-refractivity contribution in [1.82, 2.24) is 10.1 Å². The standard InChI is InChI=1S/C20H18N4/c1-13-3-7-15(8-4-13)17-11-19(21)24-20(22-17)12-18(23-24)16-9-5-14(2)6-10-16/h3-12H,1-2H3,(H2,21,22,23)/p+1. The maximum absolute atomic E-state index is 6.23. The summed E-state index contributed by atoms with van der Waals surface area (Å²) in [5, 5.41) is 3.32. The van der Waals surface area contributed by atoms with Gasteiger partial charge in [-0.05, 0) is 13.8 Å². The van der Waals surface area contributed by atoms with Gasteiger partial charge in [0.05, 0.1) is 11.8 Å². The molecule has 0 spiro atoms. The lowest BCUT2D eigenvalue weighted by atomic mass is 10.1. The summed E-state index contributed by atoms with van der Waals surface area (Å²) >= 11 is 0. The number of aromatic nitrogens is 3. The van der Waals surface area contributed by atoms with Crippen molar-refractivity contribution in [1.29, 1.82) is 0 Å². The molecule has 0 amide bonds. The highest BCUT2D eigenvalue weighted by atomic mass is 15.3. The molecule has 0 aliphatic heterocycles. The van der Waals surface area contributed by atoms with Crippen molar-refractivity contribution in [2.45, 2.75) is 13.8 Å². The maximum Gasteiger partial charge on any atom is 0.287 e. The Kier molecular flexibility index (Phi) is 3.31. The fourth-order valence-electron chi connectivity index (χ4n) is 2.80. The van der Waals surface area contributed by atoms with E-state index >= 15 is 0 Å². The predicted octanol–water partition coefficient (Wildman–Crippen LogP) is 3.68. The summed E-state index contributed by atoms with van der Waals surface area (Å²) in [6, 6.07) is 20.6. The minimum atomic E-state index is 0.633. The zero-order valence-electron chi connectivity index (χ0n) is 13.7. The van der Waals surface area contributed by atoms with Gasteiger partial charge in [-0.1, -0.05) is 59.7 Å². The lowest BCUT2D eigenvalue weighted by Gasteiger charge is -1.99. The first-order valence-corrected chi connectivity index (χ1v) is 7.95. The molecule has 0 unspecified atom stereocenters. The van der Waals surface area contributed by atoms with Gasteiger partial charge in [0.2, 0.25) is 5.82 Å². The van der Waals surface area contributed by atoms with Crippen LogP contribution >= 0.6 is 0 Å². The molecule has 4 aromatic rings. The lowest BCUT2D eigenvalue weighted by Crippen LogP contribution is -2.28. The number of aryl methyl sites for hydroxylation is 2. The number of benzene rings is 2. The smallest absolute Gasteiger partial charge is 0.287 e. The second-order valence-corrected chi connectivity index (χ2v) is 6.16. The van der Waals surface area contributed by atoms with Crippen molar-refractivity contribution in [3.63, 3.8) is 0 Å². The number of rotatable bonds is 2. The van der Waals surface area contributed by atoms with Gasteiger partial charge in [-0.15, -0.1) is 9.50 Å². The van der Waals surface area contributed by atoms with Crippen molar-refractivity contribution in [2.24, 2.45) is 0 Å². The molecule has 3 N–H and O–H groups in total. The molecule has 118 valence electrons. The second kappa shape index (κ2) is 5.49. The Morgan fingerprint density at radius 2 is 1.42 bits per heavy atom. The number of nitrogens with one attached hydrogen (secondary N) is 1. The molecule has 2 heterocycles. The normalized spacial score (nSPS) is 11.1. The molecule has 2 aromatic heterocycles. The van der Waals surface area contributed by atoms with Crippen molar-refractivity contribution < 1.29 is 4.52 Å². The summed E-state index contributed by atoms with van der Waals surface area (Å²) in [5.74, 6) is 0.633. The summed E-state index contributed by atoms with van der Waals surface area (Å²) in [5.41, 5.74) is 13.6. The van der Waals surface area contributed by atoms with Crippen LogP contribution in [0, 0.1) is 13.8 Å². The van der Waals surface area contributed by atoms with Gasteiger partial charge in [0.1, 0.15) is 0 Å². The van der Waals surface area contributed by atoms with Crippen LogP contribution in [0.5, 0.6) is 0 Å². The van der Waals surface area contributed by atoms with Gasteiger partial charge in [-0.2, -0.15) is 0 Å². The third-order valence-corrected chi connectivity index (χ3v) is 4.22. The second-order valence-electron chi connectivity index (χ2n) is 6.16. The zero-order chi connectivity index (χ0) is 16.7. The number of fused-ring (bicyclic) bond motifs is 1. The van der Waals surface area contributed by atoms with Gasteiger partial charge in [-0.3, -0.25) is 0 Å². The van der Waals surface area contributed by atoms with Crippen LogP contribution in [-0.4, -0.2) is 10.1 Å². The molecule has 2 aromatic carbocycles. The molecular formula is C20H19N4+. The molecule has 0 atom stereocenters. The topological polar surface area (TPSA) is 58.8 Å². The number of anilines is 1. The highest BCUT2D eigenvalue weighted by molar-refractivity contribution is 5.66. The molecule has 0 radical (unpaired) electrons. The van der Waals surface area contributed by atoms with E-state index in [4.69, 9.17) is 10.7 Å². The summed E-state index contributed by atoms with van der Waals surface area (Å²) < 4.78 is 1.81. The summed E-state index contributed by atoms with van der Waals surface area (Å²) in [7, 11) is 0. The molecule has 4 heteroatoms. The van der Waals surface area contributed by atoms with E-state index in [1.165, 1.54) is 11.1 Å². The van der Waals surface area contributed by atoms with Crippen LogP contribution < -0.4 is 10.2 Å². The third kappa shape index (κ3) is 2.52. The van der Waals surface area contributed by atoms with Gasteiger partial charge < -0.3 is 5.73 Å². The minimum Gasteiger partial charge on any atom is -0.317 e. The molecule has 0 aliphatic carbocycles. The molecule has 0 fully saturated rings. The zero-order valence-corrected chi connectivity index (χ0v) is 13.7. The van der Waals surface area contributed by atoms with Crippen molar-refractivity contribution in [2.75, 3.05) is 5.73 Å². The number of hydrogen-bond donors (Lipinski definition) is 2. The summed E-state index contributed by atoms with van der Waals surface area (Å²) in [6.07, 6.45) is 0. The molecule has 0 aliphatic rings. The number of nitrogen functional groups attached to an aromatic ring is 1. The first kappa shape index (κ1) is 14.5. The van der Waals surface area contributed by atoms with Crippen LogP contribution in [0.4, 0.5) is 5.82 Å². The van der Waals surface area contributed by atoms with E-state index in [1.807, 2.05) is 16.6 Å². The van der Waals surface area contributed by atoms with Gasteiger partial charge in [0.25, 0.3) is 5.65 Å². The van der Waals surface area contributed by atoms with E-state index in [0.29, 0.717) is 5.82 Å².